The average molecular weight is 529 g/mol. The van der Waals surface area contributed by atoms with Gasteiger partial charge in [0.15, 0.2) is 0 Å². The zero-order valence-corrected chi connectivity index (χ0v) is 21.5. The molecule has 6 nitrogen and oxygen atoms in total. The molecule has 2 aliphatic heterocycles. The van der Waals surface area contributed by atoms with Gasteiger partial charge in [-0.2, -0.15) is 13.2 Å². The van der Waals surface area contributed by atoms with Crippen molar-refractivity contribution in [1.29, 1.82) is 0 Å². The summed E-state index contributed by atoms with van der Waals surface area (Å²) in [7, 11) is 0. The molecule has 2 aromatic rings. The van der Waals surface area contributed by atoms with E-state index in [1.54, 1.807) is 0 Å². The van der Waals surface area contributed by atoms with E-state index in [0.717, 1.165) is 50.9 Å². The zero-order chi connectivity index (χ0) is 26.7. The van der Waals surface area contributed by atoms with E-state index in [1.165, 1.54) is 36.2 Å². The Kier molecular flexibility index (Phi) is 7.93. The van der Waals surface area contributed by atoms with Crippen LogP contribution in [0, 0.1) is 0 Å². The van der Waals surface area contributed by atoms with Gasteiger partial charge in [0.25, 0.3) is 5.91 Å². The first kappa shape index (κ1) is 26.5. The van der Waals surface area contributed by atoms with Gasteiger partial charge in [0.05, 0.1) is 18.2 Å². The van der Waals surface area contributed by atoms with E-state index in [1.807, 2.05) is 4.90 Å². The van der Waals surface area contributed by atoms with Crippen LogP contribution in [0.15, 0.2) is 48.5 Å². The SMILES string of the molecule is O=C(NCC(=O)N(C1CCC(c2ccc(N3CCCC3)cc2)CC1)C1CNC1)c1cccc(C(F)(F)F)c1. The van der Waals surface area contributed by atoms with Gasteiger partial charge >= 0.3 is 6.18 Å². The number of amides is 2. The molecule has 204 valence electrons. The third kappa shape index (κ3) is 5.98. The summed E-state index contributed by atoms with van der Waals surface area (Å²) >= 11 is 0. The van der Waals surface area contributed by atoms with Gasteiger partial charge in [0.1, 0.15) is 0 Å². The zero-order valence-electron chi connectivity index (χ0n) is 21.5. The van der Waals surface area contributed by atoms with Gasteiger partial charge in [-0.05, 0) is 80.3 Å². The van der Waals surface area contributed by atoms with Crippen LogP contribution in [0.5, 0.6) is 0 Å². The number of anilines is 1. The standard InChI is InChI=1S/C29H35F3N4O2/c30-29(31,32)23-5-3-4-22(16-23)28(38)34-19-27(37)36(26-17-33-18-26)25-12-8-21(9-13-25)20-6-10-24(11-7-20)35-14-1-2-15-35/h3-7,10-11,16,21,25-26,33H,1-2,8-9,12-15,17-19H2,(H,34,38). The number of nitrogens with zero attached hydrogens (tertiary/aromatic N) is 2. The number of rotatable bonds is 7. The van der Waals surface area contributed by atoms with Gasteiger partial charge in [-0.15, -0.1) is 0 Å². The minimum atomic E-state index is -4.53. The smallest absolute Gasteiger partial charge is 0.372 e. The van der Waals surface area contributed by atoms with Crippen molar-refractivity contribution in [2.24, 2.45) is 0 Å². The molecule has 2 N–H and O–H groups in total. The quantitative estimate of drug-likeness (QED) is 0.553. The largest absolute Gasteiger partial charge is 0.416 e. The lowest BCUT2D eigenvalue weighted by atomic mass is 9.80. The van der Waals surface area contributed by atoms with Crippen LogP contribution in [0.3, 0.4) is 0 Å². The molecule has 5 rings (SSSR count). The number of hydrogen-bond acceptors (Lipinski definition) is 4. The van der Waals surface area contributed by atoms with Crippen LogP contribution in [0.4, 0.5) is 18.9 Å². The lowest BCUT2D eigenvalue weighted by molar-refractivity contribution is -0.138. The highest BCUT2D eigenvalue weighted by molar-refractivity contribution is 5.96. The Labute approximate surface area is 221 Å². The molecule has 0 radical (unpaired) electrons. The van der Waals surface area contributed by atoms with Crippen molar-refractivity contribution in [2.45, 2.75) is 62.7 Å². The molecular formula is C29H35F3N4O2. The fraction of sp³-hybridized carbons (Fsp3) is 0.517. The molecule has 0 unspecified atom stereocenters. The summed E-state index contributed by atoms with van der Waals surface area (Å²) in [5.41, 5.74) is 1.64. The molecule has 38 heavy (non-hydrogen) atoms. The molecule has 2 saturated heterocycles. The van der Waals surface area contributed by atoms with Gasteiger partial charge in [0, 0.05) is 43.5 Å². The van der Waals surface area contributed by atoms with E-state index in [-0.39, 0.29) is 30.1 Å². The van der Waals surface area contributed by atoms with Crippen LogP contribution in [-0.4, -0.2) is 61.5 Å². The maximum atomic E-state index is 13.3. The van der Waals surface area contributed by atoms with E-state index in [4.69, 9.17) is 0 Å². The van der Waals surface area contributed by atoms with Gasteiger partial charge in [0.2, 0.25) is 5.91 Å². The van der Waals surface area contributed by atoms with E-state index in [0.29, 0.717) is 19.0 Å². The van der Waals surface area contributed by atoms with Crippen molar-refractivity contribution in [3.63, 3.8) is 0 Å². The normalized spacial score (nSPS) is 22.1. The summed E-state index contributed by atoms with van der Waals surface area (Å²) in [5, 5.41) is 5.76. The number of carbonyl (C=O) groups is 2. The van der Waals surface area contributed by atoms with Gasteiger partial charge in [-0.25, -0.2) is 0 Å². The summed E-state index contributed by atoms with van der Waals surface area (Å²) in [6.07, 6.45) is 1.75. The first-order valence-corrected chi connectivity index (χ1v) is 13.6. The second-order valence-corrected chi connectivity index (χ2v) is 10.7. The molecule has 2 heterocycles. The number of alkyl halides is 3. The molecule has 0 bridgehead atoms. The number of carbonyl (C=O) groups excluding carboxylic acids is 2. The Morgan fingerprint density at radius 3 is 2.24 bits per heavy atom. The van der Waals surface area contributed by atoms with E-state index in [2.05, 4.69) is 39.8 Å². The first-order valence-electron chi connectivity index (χ1n) is 13.6. The summed E-state index contributed by atoms with van der Waals surface area (Å²) in [4.78, 5) is 30.1. The number of halogens is 3. The summed E-state index contributed by atoms with van der Waals surface area (Å²) < 4.78 is 39.0. The molecule has 0 spiro atoms. The van der Waals surface area contributed by atoms with Crippen LogP contribution in [0.1, 0.15) is 65.9 Å². The molecule has 1 aliphatic carbocycles. The van der Waals surface area contributed by atoms with Gasteiger partial charge < -0.3 is 20.4 Å². The molecular weight excluding hydrogens is 493 g/mol. The Morgan fingerprint density at radius 1 is 0.947 bits per heavy atom. The maximum absolute atomic E-state index is 13.3. The van der Waals surface area contributed by atoms with Crippen LogP contribution < -0.4 is 15.5 Å². The third-order valence-corrected chi connectivity index (χ3v) is 8.22. The lowest BCUT2D eigenvalue weighted by Crippen LogP contribution is -2.63. The van der Waals surface area contributed by atoms with Gasteiger partial charge in [-0.3, -0.25) is 9.59 Å². The predicted molar refractivity (Wildman–Crippen MR) is 140 cm³/mol. The summed E-state index contributed by atoms with van der Waals surface area (Å²) in [5.74, 6) is -0.400. The van der Waals surface area contributed by atoms with Crippen molar-refractivity contribution in [3.8, 4) is 0 Å². The number of nitrogens with one attached hydrogen (secondary N) is 2. The lowest BCUT2D eigenvalue weighted by Gasteiger charge is -2.45. The van der Waals surface area contributed by atoms with Crippen LogP contribution in [-0.2, 0) is 11.0 Å². The fourth-order valence-corrected chi connectivity index (χ4v) is 5.98. The topological polar surface area (TPSA) is 64.7 Å². The van der Waals surface area contributed by atoms with Crippen molar-refractivity contribution < 1.29 is 22.8 Å². The van der Waals surface area contributed by atoms with E-state index in [9.17, 15) is 22.8 Å². The Morgan fingerprint density at radius 2 is 1.63 bits per heavy atom. The van der Waals surface area contributed by atoms with Crippen molar-refractivity contribution >= 4 is 17.5 Å². The van der Waals surface area contributed by atoms with Crippen LogP contribution in [0.25, 0.3) is 0 Å². The molecule has 9 heteroatoms. The highest BCUT2D eigenvalue weighted by Crippen LogP contribution is 2.36. The van der Waals surface area contributed by atoms with Gasteiger partial charge in [-0.1, -0.05) is 18.2 Å². The molecule has 3 aliphatic rings. The Hall–Kier alpha value is -3.07. The minimum absolute atomic E-state index is 0.0780. The molecule has 1 saturated carbocycles. The van der Waals surface area contributed by atoms with E-state index >= 15 is 0 Å². The highest BCUT2D eigenvalue weighted by Gasteiger charge is 2.36. The molecule has 2 amide bonds. The predicted octanol–water partition coefficient (Wildman–Crippen LogP) is 4.56. The minimum Gasteiger partial charge on any atom is -0.372 e. The number of hydrogen-bond donors (Lipinski definition) is 2. The van der Waals surface area contributed by atoms with Crippen LogP contribution >= 0.6 is 0 Å². The van der Waals surface area contributed by atoms with Crippen molar-refractivity contribution in [2.75, 3.05) is 37.6 Å². The second-order valence-electron chi connectivity index (χ2n) is 10.7. The van der Waals surface area contributed by atoms with Crippen molar-refractivity contribution in [1.82, 2.24) is 15.5 Å². The molecule has 2 aromatic carbocycles. The summed E-state index contributed by atoms with van der Waals surface area (Å²) in [6, 6.07) is 13.4. The van der Waals surface area contributed by atoms with Crippen molar-refractivity contribution in [3.05, 3.63) is 65.2 Å². The van der Waals surface area contributed by atoms with E-state index < -0.39 is 17.6 Å². The first-order chi connectivity index (χ1) is 18.3. The number of benzene rings is 2. The maximum Gasteiger partial charge on any atom is 0.416 e. The monoisotopic (exact) mass is 528 g/mol. The average Bonchev–Trinajstić information content (AvgIpc) is 3.44. The van der Waals surface area contributed by atoms with Crippen LogP contribution in [0.2, 0.25) is 0 Å². The summed E-state index contributed by atoms with van der Waals surface area (Å²) in [6.45, 7) is 3.45. The highest BCUT2D eigenvalue weighted by atomic mass is 19.4. The second kappa shape index (κ2) is 11.4. The molecule has 3 fully saturated rings. The molecule has 0 aromatic heterocycles. The third-order valence-electron chi connectivity index (χ3n) is 8.22. The Bertz CT molecular complexity index is 1120. The Balaban J connectivity index is 1.17. The fourth-order valence-electron chi connectivity index (χ4n) is 5.98. The molecule has 0 atom stereocenters.